The van der Waals surface area contributed by atoms with Gasteiger partial charge in [0.25, 0.3) is 0 Å². The molecule has 2 fully saturated rings. The number of hydrogen-bond acceptors (Lipinski definition) is 7. The van der Waals surface area contributed by atoms with E-state index in [1.165, 1.54) is 17.8 Å². The highest BCUT2D eigenvalue weighted by Crippen LogP contribution is 2.35. The van der Waals surface area contributed by atoms with Crippen molar-refractivity contribution in [3.63, 3.8) is 0 Å². The van der Waals surface area contributed by atoms with Crippen LogP contribution in [0.3, 0.4) is 0 Å². The van der Waals surface area contributed by atoms with Crippen molar-refractivity contribution in [2.24, 2.45) is 0 Å². The molecule has 2 aliphatic heterocycles. The van der Waals surface area contributed by atoms with Gasteiger partial charge in [-0.1, -0.05) is 6.07 Å². The van der Waals surface area contributed by atoms with E-state index in [9.17, 15) is 8.78 Å². The number of hydrogen-bond donors (Lipinski definition) is 1. The number of halogens is 3. The quantitative estimate of drug-likeness (QED) is 0.417. The fraction of sp³-hybridized carbons (Fsp3) is 0.458. The zero-order valence-corrected chi connectivity index (χ0v) is 19.7. The molecule has 6 rings (SSSR count). The van der Waals surface area contributed by atoms with E-state index in [1.54, 1.807) is 29.1 Å². The van der Waals surface area contributed by atoms with Crippen molar-refractivity contribution >= 4 is 22.5 Å². The molecule has 0 amide bonds. The molecule has 9 nitrogen and oxygen atoms in total. The molecule has 0 spiro atoms. The van der Waals surface area contributed by atoms with E-state index >= 15 is 4.39 Å². The number of rotatable bonds is 7. The number of ether oxygens (including phenoxy) is 2. The van der Waals surface area contributed by atoms with Crippen LogP contribution in [0.2, 0.25) is 0 Å². The van der Waals surface area contributed by atoms with Gasteiger partial charge in [0.05, 0.1) is 68.1 Å². The van der Waals surface area contributed by atoms with E-state index in [1.807, 2.05) is 0 Å². The van der Waals surface area contributed by atoms with Gasteiger partial charge < -0.3 is 19.4 Å². The monoisotopic (exact) mass is 501 g/mol. The topological polar surface area (TPSA) is 81.7 Å². The zero-order valence-electron chi connectivity index (χ0n) is 19.7. The van der Waals surface area contributed by atoms with Crippen molar-refractivity contribution in [3.05, 3.63) is 36.5 Å². The van der Waals surface area contributed by atoms with E-state index < -0.39 is 24.7 Å². The Kier molecular flexibility index (Phi) is 5.92. The molecule has 190 valence electrons. The van der Waals surface area contributed by atoms with Crippen LogP contribution in [0.15, 0.2) is 30.7 Å². The number of nitrogens with zero attached hydrogens (tertiary/aromatic N) is 6. The normalized spacial score (nSPS) is 21.2. The average molecular weight is 502 g/mol. The molecule has 2 saturated heterocycles. The SMILES string of the molecule is COc1nc(N[C@@H]2CCN(C3COC3)C[C@@H]2F)nn2cc(F)c(-c3ccc4ncn(CCF)c4c3)c12. The molecule has 1 aromatic carbocycles. The Morgan fingerprint density at radius 1 is 1.28 bits per heavy atom. The Morgan fingerprint density at radius 2 is 2.14 bits per heavy atom. The van der Waals surface area contributed by atoms with E-state index in [2.05, 4.69) is 25.3 Å². The summed E-state index contributed by atoms with van der Waals surface area (Å²) in [6.45, 7) is 1.97. The molecule has 36 heavy (non-hydrogen) atoms. The lowest BCUT2D eigenvalue weighted by molar-refractivity contribution is -0.0794. The maximum atomic E-state index is 15.3. The summed E-state index contributed by atoms with van der Waals surface area (Å²) in [6, 6.07) is 5.08. The van der Waals surface area contributed by atoms with Crippen molar-refractivity contribution in [2.75, 3.05) is 45.4 Å². The van der Waals surface area contributed by atoms with Crippen LogP contribution in [0, 0.1) is 5.82 Å². The number of anilines is 1. The van der Waals surface area contributed by atoms with Gasteiger partial charge in [0.1, 0.15) is 18.4 Å². The van der Waals surface area contributed by atoms with Crippen LogP contribution in [0.4, 0.5) is 19.1 Å². The van der Waals surface area contributed by atoms with Crippen molar-refractivity contribution in [1.82, 2.24) is 29.0 Å². The lowest BCUT2D eigenvalue weighted by atomic mass is 10.0. The minimum atomic E-state index is -1.11. The molecule has 2 aliphatic rings. The van der Waals surface area contributed by atoms with Gasteiger partial charge in [-0.3, -0.25) is 4.90 Å². The highest BCUT2D eigenvalue weighted by atomic mass is 19.1. The van der Waals surface area contributed by atoms with Crippen LogP contribution >= 0.6 is 0 Å². The second kappa shape index (κ2) is 9.25. The van der Waals surface area contributed by atoms with E-state index in [0.717, 1.165) is 6.54 Å². The fourth-order valence-electron chi connectivity index (χ4n) is 5.00. The highest BCUT2D eigenvalue weighted by molar-refractivity contribution is 5.90. The van der Waals surface area contributed by atoms with Gasteiger partial charge in [-0.05, 0) is 24.1 Å². The number of likely N-dealkylation sites (tertiary alicyclic amines) is 1. The first kappa shape index (κ1) is 23.0. The molecule has 12 heteroatoms. The Bertz CT molecular complexity index is 1400. The second-order valence-corrected chi connectivity index (χ2v) is 9.16. The first-order valence-electron chi connectivity index (χ1n) is 11.9. The molecule has 0 bridgehead atoms. The van der Waals surface area contributed by atoms with Gasteiger partial charge in [0.15, 0.2) is 5.82 Å². The van der Waals surface area contributed by atoms with Gasteiger partial charge >= 0.3 is 0 Å². The van der Waals surface area contributed by atoms with Crippen molar-refractivity contribution in [3.8, 4) is 17.0 Å². The van der Waals surface area contributed by atoms with Crippen LogP contribution in [0.5, 0.6) is 5.88 Å². The summed E-state index contributed by atoms with van der Waals surface area (Å²) in [5.74, 6) is -0.205. The number of alkyl halides is 2. The third-order valence-corrected chi connectivity index (χ3v) is 7.01. The van der Waals surface area contributed by atoms with Crippen molar-refractivity contribution < 1.29 is 22.6 Å². The van der Waals surface area contributed by atoms with Gasteiger partial charge in [-0.2, -0.15) is 4.98 Å². The number of aryl methyl sites for hydroxylation is 1. The first-order valence-corrected chi connectivity index (χ1v) is 11.9. The largest absolute Gasteiger partial charge is 0.479 e. The smallest absolute Gasteiger partial charge is 0.244 e. The summed E-state index contributed by atoms with van der Waals surface area (Å²) in [4.78, 5) is 10.8. The number of piperidine rings is 1. The number of aromatic nitrogens is 5. The number of nitrogens with one attached hydrogen (secondary N) is 1. The van der Waals surface area contributed by atoms with Crippen LogP contribution < -0.4 is 10.1 Å². The predicted molar refractivity (Wildman–Crippen MR) is 127 cm³/mol. The van der Waals surface area contributed by atoms with Crippen molar-refractivity contribution in [2.45, 2.75) is 31.2 Å². The fourth-order valence-corrected chi connectivity index (χ4v) is 5.00. The molecule has 3 aromatic heterocycles. The molecule has 5 heterocycles. The molecule has 0 unspecified atom stereocenters. The number of imidazole rings is 1. The van der Waals surface area contributed by atoms with Gasteiger partial charge in [0.2, 0.25) is 11.8 Å². The standard InChI is InChI=1S/C24H26F3N7O2/c1-35-23-22-21(14-2-3-19-20(8-14)33(7-5-25)13-28-19)17(27)10-34(22)31-24(30-23)29-18-4-6-32(9-16(18)26)15-11-36-12-15/h2-3,8,10,13,15-16,18H,4-7,9,11-12H2,1H3,(H,29,31)/t16-,18+/m0/s1. The maximum Gasteiger partial charge on any atom is 0.244 e. The Morgan fingerprint density at radius 3 is 2.86 bits per heavy atom. The maximum absolute atomic E-state index is 15.3. The summed E-state index contributed by atoms with van der Waals surface area (Å²) in [5, 5.41) is 7.49. The molecule has 0 aliphatic carbocycles. The number of benzene rings is 1. The summed E-state index contributed by atoms with van der Waals surface area (Å²) >= 11 is 0. The van der Waals surface area contributed by atoms with Gasteiger partial charge in [-0.25, -0.2) is 22.7 Å². The molecule has 0 saturated carbocycles. The van der Waals surface area contributed by atoms with E-state index in [0.29, 0.717) is 48.3 Å². The third kappa shape index (κ3) is 3.94. The second-order valence-electron chi connectivity index (χ2n) is 9.16. The molecule has 0 radical (unpaired) electrons. The minimum Gasteiger partial charge on any atom is -0.479 e. The zero-order chi connectivity index (χ0) is 24.8. The first-order chi connectivity index (χ1) is 17.6. The summed E-state index contributed by atoms with van der Waals surface area (Å²) in [7, 11) is 1.44. The summed E-state index contributed by atoms with van der Waals surface area (Å²) in [5.41, 5.74) is 2.53. The average Bonchev–Trinajstić information content (AvgIpc) is 3.39. The summed E-state index contributed by atoms with van der Waals surface area (Å²) in [6.07, 6.45) is 2.28. The molecule has 4 aromatic rings. The lowest BCUT2D eigenvalue weighted by Crippen LogP contribution is -2.57. The number of methoxy groups -OCH3 is 1. The summed E-state index contributed by atoms with van der Waals surface area (Å²) < 4.78 is 56.9. The van der Waals surface area contributed by atoms with Gasteiger partial charge in [0, 0.05) is 13.1 Å². The van der Waals surface area contributed by atoms with Crippen LogP contribution in [-0.2, 0) is 11.3 Å². The minimum absolute atomic E-state index is 0.156. The molecule has 1 N–H and O–H groups in total. The highest BCUT2D eigenvalue weighted by Gasteiger charge is 2.36. The lowest BCUT2D eigenvalue weighted by Gasteiger charge is -2.42. The van der Waals surface area contributed by atoms with Crippen LogP contribution in [0.1, 0.15) is 6.42 Å². The van der Waals surface area contributed by atoms with E-state index in [-0.39, 0.29) is 30.0 Å². The molecular weight excluding hydrogens is 475 g/mol. The van der Waals surface area contributed by atoms with Gasteiger partial charge in [-0.15, -0.1) is 5.10 Å². The predicted octanol–water partition coefficient (Wildman–Crippen LogP) is 3.09. The van der Waals surface area contributed by atoms with Crippen LogP contribution in [0.25, 0.3) is 27.7 Å². The van der Waals surface area contributed by atoms with Crippen molar-refractivity contribution in [1.29, 1.82) is 0 Å². The number of fused-ring (bicyclic) bond motifs is 2. The van der Waals surface area contributed by atoms with E-state index in [4.69, 9.17) is 9.47 Å². The Labute approximate surface area is 204 Å². The molecule has 2 atom stereocenters. The van der Waals surface area contributed by atoms with Crippen LogP contribution in [-0.4, -0.2) is 87.4 Å². The Balaban J connectivity index is 1.32. The third-order valence-electron chi connectivity index (χ3n) is 7.01. The molecular formula is C24H26F3N7O2. The Hall–Kier alpha value is -3.38.